The molecule has 0 saturated heterocycles. The minimum Gasteiger partial charge on any atom is -0.493 e. The van der Waals surface area contributed by atoms with Crippen molar-refractivity contribution in [3.8, 4) is 5.75 Å². The first kappa shape index (κ1) is 17.4. The molecule has 0 aliphatic carbocycles. The third-order valence-electron chi connectivity index (χ3n) is 3.59. The first-order valence-corrected chi connectivity index (χ1v) is 8.15. The van der Waals surface area contributed by atoms with Gasteiger partial charge in [-0.15, -0.1) is 11.6 Å². The molecule has 2 rings (SSSR count). The molecule has 1 heterocycles. The van der Waals surface area contributed by atoms with Gasteiger partial charge < -0.3 is 14.1 Å². The standard InChI is InChI=1S/C18H22ClNO3/c1-13-5-6-14(2)17(11-13)22-10-4-9-20(3)18(21)16-8-7-15(12-19)23-16/h5-8,11H,4,9-10,12H2,1-3H3. The zero-order valence-electron chi connectivity index (χ0n) is 13.8. The van der Waals surface area contributed by atoms with Gasteiger partial charge >= 0.3 is 0 Å². The van der Waals surface area contributed by atoms with Crippen molar-refractivity contribution in [1.82, 2.24) is 4.90 Å². The normalized spacial score (nSPS) is 10.6. The second kappa shape index (κ2) is 8.06. The van der Waals surface area contributed by atoms with Crippen molar-refractivity contribution in [3.63, 3.8) is 0 Å². The average molecular weight is 336 g/mol. The molecule has 0 N–H and O–H groups in total. The number of furan rings is 1. The van der Waals surface area contributed by atoms with Crippen LogP contribution in [0, 0.1) is 13.8 Å². The summed E-state index contributed by atoms with van der Waals surface area (Å²) in [7, 11) is 1.75. The summed E-state index contributed by atoms with van der Waals surface area (Å²) in [5.41, 5.74) is 2.29. The molecule has 2 aromatic rings. The first-order chi connectivity index (χ1) is 11.0. The molecule has 0 fully saturated rings. The monoisotopic (exact) mass is 335 g/mol. The molecule has 5 heteroatoms. The molecular formula is C18H22ClNO3. The van der Waals surface area contributed by atoms with Crippen molar-refractivity contribution in [1.29, 1.82) is 0 Å². The number of nitrogens with zero attached hydrogens (tertiary/aromatic N) is 1. The van der Waals surface area contributed by atoms with Gasteiger partial charge in [0.05, 0.1) is 12.5 Å². The van der Waals surface area contributed by atoms with Crippen LogP contribution in [0.15, 0.2) is 34.7 Å². The second-order valence-corrected chi connectivity index (χ2v) is 5.86. The molecule has 1 aromatic heterocycles. The second-order valence-electron chi connectivity index (χ2n) is 5.60. The zero-order valence-corrected chi connectivity index (χ0v) is 14.5. The SMILES string of the molecule is Cc1ccc(C)c(OCCCN(C)C(=O)c2ccc(CCl)o2)c1. The Balaban J connectivity index is 1.79. The molecule has 0 unspecified atom stereocenters. The highest BCUT2D eigenvalue weighted by atomic mass is 35.5. The lowest BCUT2D eigenvalue weighted by Crippen LogP contribution is -2.28. The van der Waals surface area contributed by atoms with Gasteiger partial charge in [0.2, 0.25) is 0 Å². The summed E-state index contributed by atoms with van der Waals surface area (Å²) in [4.78, 5) is 13.8. The van der Waals surface area contributed by atoms with Crippen molar-refractivity contribution in [2.24, 2.45) is 0 Å². The molecule has 1 amide bonds. The molecule has 0 aliphatic rings. The number of halogens is 1. The summed E-state index contributed by atoms with van der Waals surface area (Å²) < 4.78 is 11.2. The van der Waals surface area contributed by atoms with Crippen LogP contribution in [0.4, 0.5) is 0 Å². The lowest BCUT2D eigenvalue weighted by molar-refractivity contribution is 0.0755. The summed E-state index contributed by atoms with van der Waals surface area (Å²) in [5.74, 6) is 1.94. The highest BCUT2D eigenvalue weighted by Crippen LogP contribution is 2.19. The van der Waals surface area contributed by atoms with Crippen LogP contribution in [-0.2, 0) is 5.88 Å². The molecule has 0 spiro atoms. The van der Waals surface area contributed by atoms with Gasteiger partial charge in [-0.25, -0.2) is 0 Å². The minimum absolute atomic E-state index is 0.145. The van der Waals surface area contributed by atoms with E-state index >= 15 is 0 Å². The number of carbonyl (C=O) groups is 1. The number of rotatable bonds is 7. The predicted octanol–water partition coefficient (Wildman–Crippen LogP) is 4.18. The number of aryl methyl sites for hydroxylation is 2. The van der Waals surface area contributed by atoms with E-state index in [2.05, 4.69) is 6.07 Å². The van der Waals surface area contributed by atoms with Crippen molar-refractivity contribution in [2.75, 3.05) is 20.2 Å². The van der Waals surface area contributed by atoms with Crippen LogP contribution >= 0.6 is 11.6 Å². The number of ether oxygens (including phenoxy) is 1. The fourth-order valence-corrected chi connectivity index (χ4v) is 2.34. The van der Waals surface area contributed by atoms with E-state index in [9.17, 15) is 4.79 Å². The van der Waals surface area contributed by atoms with E-state index in [1.165, 1.54) is 5.56 Å². The van der Waals surface area contributed by atoms with Crippen molar-refractivity contribution >= 4 is 17.5 Å². The third kappa shape index (κ3) is 4.76. The molecule has 0 radical (unpaired) electrons. The molecule has 0 aliphatic heterocycles. The Morgan fingerprint density at radius 1 is 1.26 bits per heavy atom. The summed E-state index contributed by atoms with van der Waals surface area (Å²) >= 11 is 5.67. The Bertz CT molecular complexity index is 666. The molecular weight excluding hydrogens is 314 g/mol. The maximum Gasteiger partial charge on any atom is 0.289 e. The average Bonchev–Trinajstić information content (AvgIpc) is 3.02. The smallest absolute Gasteiger partial charge is 0.289 e. The van der Waals surface area contributed by atoms with Crippen LogP contribution in [0.2, 0.25) is 0 Å². The lowest BCUT2D eigenvalue weighted by atomic mass is 10.1. The number of amides is 1. The quantitative estimate of drug-likeness (QED) is 0.563. The first-order valence-electron chi connectivity index (χ1n) is 7.61. The van der Waals surface area contributed by atoms with Gasteiger partial charge in [0.15, 0.2) is 5.76 Å². The number of carbonyl (C=O) groups excluding carboxylic acids is 1. The molecule has 4 nitrogen and oxygen atoms in total. The van der Waals surface area contributed by atoms with E-state index in [-0.39, 0.29) is 11.8 Å². The van der Waals surface area contributed by atoms with Crippen LogP contribution in [0.25, 0.3) is 0 Å². The summed E-state index contributed by atoms with van der Waals surface area (Å²) in [5, 5.41) is 0. The molecule has 0 atom stereocenters. The summed E-state index contributed by atoms with van der Waals surface area (Å²) in [6, 6.07) is 9.51. The van der Waals surface area contributed by atoms with Crippen LogP contribution in [-0.4, -0.2) is 31.0 Å². The van der Waals surface area contributed by atoms with Crippen LogP contribution < -0.4 is 4.74 Å². The van der Waals surface area contributed by atoms with Gasteiger partial charge in [-0.2, -0.15) is 0 Å². The molecule has 124 valence electrons. The van der Waals surface area contributed by atoms with Gasteiger partial charge in [-0.1, -0.05) is 12.1 Å². The van der Waals surface area contributed by atoms with Crippen LogP contribution in [0.1, 0.15) is 33.9 Å². The third-order valence-corrected chi connectivity index (χ3v) is 3.85. The van der Waals surface area contributed by atoms with E-state index in [1.54, 1.807) is 24.1 Å². The van der Waals surface area contributed by atoms with Crippen LogP contribution in [0.3, 0.4) is 0 Å². The van der Waals surface area contributed by atoms with E-state index < -0.39 is 0 Å². The molecule has 1 aromatic carbocycles. The maximum atomic E-state index is 12.2. The number of alkyl halides is 1. The number of benzene rings is 1. The Morgan fingerprint density at radius 2 is 2.04 bits per heavy atom. The topological polar surface area (TPSA) is 42.7 Å². The minimum atomic E-state index is -0.145. The Morgan fingerprint density at radius 3 is 2.74 bits per heavy atom. The Kier molecular flexibility index (Phi) is 6.11. The fraction of sp³-hybridized carbons (Fsp3) is 0.389. The van der Waals surface area contributed by atoms with E-state index in [1.807, 2.05) is 26.0 Å². The molecule has 23 heavy (non-hydrogen) atoms. The summed E-state index contributed by atoms with van der Waals surface area (Å²) in [6.07, 6.45) is 0.749. The van der Waals surface area contributed by atoms with Crippen molar-refractivity contribution in [3.05, 3.63) is 53.0 Å². The van der Waals surface area contributed by atoms with Gasteiger partial charge in [0, 0.05) is 13.6 Å². The largest absolute Gasteiger partial charge is 0.493 e. The molecule has 0 bridgehead atoms. The van der Waals surface area contributed by atoms with Crippen LogP contribution in [0.5, 0.6) is 5.75 Å². The maximum absolute atomic E-state index is 12.2. The van der Waals surface area contributed by atoms with E-state index in [0.717, 1.165) is 17.7 Å². The van der Waals surface area contributed by atoms with Gasteiger partial charge in [-0.05, 0) is 49.6 Å². The number of hydrogen-bond acceptors (Lipinski definition) is 3. The summed E-state index contributed by atoms with van der Waals surface area (Å²) in [6.45, 7) is 5.22. The number of hydrogen-bond donors (Lipinski definition) is 0. The fourth-order valence-electron chi connectivity index (χ4n) is 2.20. The van der Waals surface area contributed by atoms with Gasteiger partial charge in [0.1, 0.15) is 11.5 Å². The van der Waals surface area contributed by atoms with Gasteiger partial charge in [0.25, 0.3) is 5.91 Å². The van der Waals surface area contributed by atoms with Crippen molar-refractivity contribution < 1.29 is 13.9 Å². The zero-order chi connectivity index (χ0) is 16.8. The predicted molar refractivity (Wildman–Crippen MR) is 91.3 cm³/mol. The Hall–Kier alpha value is -1.94. The molecule has 0 saturated carbocycles. The van der Waals surface area contributed by atoms with Crippen molar-refractivity contribution in [2.45, 2.75) is 26.1 Å². The van der Waals surface area contributed by atoms with E-state index in [4.69, 9.17) is 20.8 Å². The lowest BCUT2D eigenvalue weighted by Gasteiger charge is -2.16. The van der Waals surface area contributed by atoms with E-state index in [0.29, 0.717) is 24.7 Å². The highest BCUT2D eigenvalue weighted by molar-refractivity contribution is 6.16. The highest BCUT2D eigenvalue weighted by Gasteiger charge is 2.15. The van der Waals surface area contributed by atoms with Gasteiger partial charge in [-0.3, -0.25) is 4.79 Å². The Labute approximate surface area is 142 Å².